The Morgan fingerprint density at radius 1 is 0.444 bits per heavy atom. The Balaban J connectivity index is 3.32. The largest absolute Gasteiger partial charge is 0.462 e. The highest BCUT2D eigenvalue weighted by atomic mass is 16.6. The van der Waals surface area contributed by atoms with Gasteiger partial charge in [-0.2, -0.15) is 0 Å². The van der Waals surface area contributed by atoms with E-state index < -0.39 is 0 Å². The summed E-state index contributed by atoms with van der Waals surface area (Å²) >= 11 is 0. The molecule has 0 spiro atoms. The van der Waals surface area contributed by atoms with Gasteiger partial charge >= 0.3 is 11.9 Å². The van der Waals surface area contributed by atoms with E-state index in [1.807, 2.05) is 0 Å². The van der Waals surface area contributed by atoms with Crippen LogP contribution in [-0.2, 0) is 19.1 Å². The third-order valence-electron chi connectivity index (χ3n) is 6.74. The van der Waals surface area contributed by atoms with Crippen LogP contribution in [0.4, 0.5) is 0 Å². The first-order valence-electron chi connectivity index (χ1n) is 15.7. The van der Waals surface area contributed by atoms with Crippen LogP contribution in [0.3, 0.4) is 0 Å². The van der Waals surface area contributed by atoms with Crippen LogP contribution < -0.4 is 0 Å². The van der Waals surface area contributed by atoms with Crippen LogP contribution in [0.15, 0.2) is 12.2 Å². The third-order valence-corrected chi connectivity index (χ3v) is 6.74. The van der Waals surface area contributed by atoms with Crippen molar-refractivity contribution in [2.45, 2.75) is 168 Å². The Morgan fingerprint density at radius 2 is 0.750 bits per heavy atom. The van der Waals surface area contributed by atoms with Gasteiger partial charge in [0.1, 0.15) is 13.2 Å². The number of carbonyl (C=O) groups excluding carboxylic acids is 2. The summed E-state index contributed by atoms with van der Waals surface area (Å²) in [6.45, 7) is 4.85. The number of hydrogen-bond donors (Lipinski definition) is 0. The van der Waals surface area contributed by atoms with Gasteiger partial charge in [-0.05, 0) is 38.5 Å². The molecule has 0 amide bonds. The Hall–Kier alpha value is -1.32. The van der Waals surface area contributed by atoms with Gasteiger partial charge in [0.2, 0.25) is 0 Å². The van der Waals surface area contributed by atoms with E-state index in [0.29, 0.717) is 12.8 Å². The molecule has 0 atom stereocenters. The Labute approximate surface area is 224 Å². The van der Waals surface area contributed by atoms with Crippen LogP contribution in [-0.4, -0.2) is 25.2 Å². The molecule has 0 heterocycles. The maximum Gasteiger partial charge on any atom is 0.305 e. The van der Waals surface area contributed by atoms with E-state index in [2.05, 4.69) is 26.0 Å². The Kier molecular flexibility index (Phi) is 28.8. The maximum absolute atomic E-state index is 11.8. The van der Waals surface area contributed by atoms with Crippen molar-refractivity contribution in [3.05, 3.63) is 12.2 Å². The van der Waals surface area contributed by atoms with Gasteiger partial charge in [-0.25, -0.2) is 0 Å². The molecule has 0 aromatic carbocycles. The molecule has 0 fully saturated rings. The molecule has 0 bridgehead atoms. The average molecular weight is 509 g/mol. The molecule has 0 saturated heterocycles. The Bertz CT molecular complexity index is 500. The van der Waals surface area contributed by atoms with Crippen molar-refractivity contribution in [1.82, 2.24) is 0 Å². The first-order chi connectivity index (χ1) is 17.7. The van der Waals surface area contributed by atoms with Crippen LogP contribution >= 0.6 is 0 Å². The molecule has 4 nitrogen and oxygen atoms in total. The average Bonchev–Trinajstić information content (AvgIpc) is 2.88. The fourth-order valence-electron chi connectivity index (χ4n) is 4.38. The van der Waals surface area contributed by atoms with E-state index in [-0.39, 0.29) is 25.2 Å². The topological polar surface area (TPSA) is 52.6 Å². The predicted octanol–water partition coefficient (Wildman–Crippen LogP) is 10.0. The summed E-state index contributed by atoms with van der Waals surface area (Å²) in [7, 11) is 0. The van der Waals surface area contributed by atoms with Gasteiger partial charge in [0.05, 0.1) is 0 Å². The third kappa shape index (κ3) is 28.9. The summed E-state index contributed by atoms with van der Waals surface area (Å²) in [6, 6.07) is 0. The van der Waals surface area contributed by atoms with Gasteiger partial charge in [-0.3, -0.25) is 9.59 Å². The second-order valence-corrected chi connectivity index (χ2v) is 10.4. The molecule has 0 aliphatic carbocycles. The summed E-state index contributed by atoms with van der Waals surface area (Å²) < 4.78 is 10.4. The molecule has 0 aliphatic heterocycles. The number of esters is 2. The van der Waals surface area contributed by atoms with E-state index in [4.69, 9.17) is 9.47 Å². The van der Waals surface area contributed by atoms with E-state index in [1.165, 1.54) is 116 Å². The van der Waals surface area contributed by atoms with Crippen molar-refractivity contribution < 1.29 is 19.1 Å². The number of rotatable bonds is 28. The molecule has 0 aromatic rings. The zero-order valence-electron chi connectivity index (χ0n) is 24.2. The Morgan fingerprint density at radius 3 is 1.11 bits per heavy atom. The van der Waals surface area contributed by atoms with Crippen molar-refractivity contribution in [1.29, 1.82) is 0 Å². The molecular weight excluding hydrogens is 448 g/mol. The zero-order chi connectivity index (χ0) is 26.4. The summed E-state index contributed by atoms with van der Waals surface area (Å²) in [4.78, 5) is 23.6. The molecule has 0 aromatic heterocycles. The van der Waals surface area contributed by atoms with Crippen molar-refractivity contribution in [2.75, 3.05) is 13.2 Å². The molecule has 36 heavy (non-hydrogen) atoms. The fourth-order valence-corrected chi connectivity index (χ4v) is 4.38. The minimum absolute atomic E-state index is 0.174. The lowest BCUT2D eigenvalue weighted by molar-refractivity contribution is -0.152. The molecule has 0 unspecified atom stereocenters. The van der Waals surface area contributed by atoms with Crippen molar-refractivity contribution >= 4 is 11.9 Å². The van der Waals surface area contributed by atoms with Gasteiger partial charge in [0.15, 0.2) is 0 Å². The lowest BCUT2D eigenvalue weighted by Crippen LogP contribution is -2.13. The van der Waals surface area contributed by atoms with Crippen LogP contribution in [0, 0.1) is 0 Å². The van der Waals surface area contributed by atoms with Crippen LogP contribution in [0.5, 0.6) is 0 Å². The monoisotopic (exact) mass is 508 g/mol. The minimum Gasteiger partial charge on any atom is -0.462 e. The van der Waals surface area contributed by atoms with Crippen LogP contribution in [0.25, 0.3) is 0 Å². The highest BCUT2D eigenvalue weighted by molar-refractivity contribution is 5.70. The van der Waals surface area contributed by atoms with E-state index >= 15 is 0 Å². The first-order valence-corrected chi connectivity index (χ1v) is 15.7. The number of hydrogen-bond acceptors (Lipinski definition) is 4. The highest BCUT2D eigenvalue weighted by Gasteiger charge is 2.05. The lowest BCUT2D eigenvalue weighted by Gasteiger charge is -2.07. The molecular formula is C32H60O4. The SMILES string of the molecule is CCCCCCCCC=CCCCCCCCC(=O)OCCOC(=O)CCCCCCCCCCC. The van der Waals surface area contributed by atoms with E-state index in [1.54, 1.807) is 0 Å². The van der Waals surface area contributed by atoms with Gasteiger partial charge in [-0.1, -0.05) is 129 Å². The summed E-state index contributed by atoms with van der Waals surface area (Å²) in [5.74, 6) is -0.353. The normalized spacial score (nSPS) is 11.3. The first kappa shape index (κ1) is 34.7. The van der Waals surface area contributed by atoms with Crippen molar-refractivity contribution in [2.24, 2.45) is 0 Å². The quantitative estimate of drug-likeness (QED) is 0.0599. The second-order valence-electron chi connectivity index (χ2n) is 10.4. The van der Waals surface area contributed by atoms with Crippen molar-refractivity contribution in [3.8, 4) is 0 Å². The van der Waals surface area contributed by atoms with Gasteiger partial charge in [0, 0.05) is 12.8 Å². The second kappa shape index (κ2) is 29.9. The molecule has 212 valence electrons. The number of ether oxygens (including phenoxy) is 2. The van der Waals surface area contributed by atoms with Crippen molar-refractivity contribution in [3.63, 3.8) is 0 Å². The molecule has 0 saturated carbocycles. The molecule has 4 heteroatoms. The summed E-state index contributed by atoms with van der Waals surface area (Å²) in [5.41, 5.74) is 0. The van der Waals surface area contributed by atoms with Gasteiger partial charge < -0.3 is 9.47 Å². The number of carbonyl (C=O) groups is 2. The lowest BCUT2D eigenvalue weighted by atomic mass is 10.1. The molecule has 0 N–H and O–H groups in total. The maximum atomic E-state index is 11.8. The van der Waals surface area contributed by atoms with E-state index in [0.717, 1.165) is 25.7 Å². The highest BCUT2D eigenvalue weighted by Crippen LogP contribution is 2.12. The molecule has 0 aliphatic rings. The fraction of sp³-hybridized carbons (Fsp3) is 0.875. The smallest absolute Gasteiger partial charge is 0.305 e. The predicted molar refractivity (Wildman–Crippen MR) is 153 cm³/mol. The van der Waals surface area contributed by atoms with Crippen LogP contribution in [0.2, 0.25) is 0 Å². The summed E-state index contributed by atoms with van der Waals surface area (Å²) in [6.07, 6.45) is 32.9. The number of allylic oxidation sites excluding steroid dienone is 2. The zero-order valence-corrected chi connectivity index (χ0v) is 24.2. The van der Waals surface area contributed by atoms with Gasteiger partial charge in [0.25, 0.3) is 0 Å². The van der Waals surface area contributed by atoms with E-state index in [9.17, 15) is 9.59 Å². The van der Waals surface area contributed by atoms with Gasteiger partial charge in [-0.15, -0.1) is 0 Å². The van der Waals surface area contributed by atoms with Crippen LogP contribution in [0.1, 0.15) is 168 Å². The molecule has 0 rings (SSSR count). The standard InChI is InChI=1S/C32H60O4/c1-3-5-7-9-11-13-14-15-16-17-18-20-22-24-26-28-32(34)36-30-29-35-31(33)27-25-23-21-19-12-10-8-6-4-2/h15-16H,3-14,17-30H2,1-2H3. The summed E-state index contributed by atoms with van der Waals surface area (Å²) in [5, 5.41) is 0. The molecule has 0 radical (unpaired) electrons. The minimum atomic E-state index is -0.178. The number of unbranched alkanes of at least 4 members (excludes halogenated alkanes) is 19.